The van der Waals surface area contributed by atoms with E-state index in [1.165, 1.54) is 7.11 Å². The Bertz CT molecular complexity index is 526. The number of methoxy groups -OCH3 is 1. The second kappa shape index (κ2) is 10.1. The summed E-state index contributed by atoms with van der Waals surface area (Å²) < 4.78 is 4.35. The van der Waals surface area contributed by atoms with E-state index in [9.17, 15) is 24.0 Å². The lowest BCUT2D eigenvalue weighted by Gasteiger charge is -2.12. The number of nitrogens with zero attached hydrogens (tertiary/aromatic N) is 1. The highest BCUT2D eigenvalue weighted by Crippen LogP contribution is 2.13. The molecule has 1 aliphatic heterocycles. The van der Waals surface area contributed by atoms with Crippen molar-refractivity contribution in [2.24, 2.45) is 0 Å². The summed E-state index contributed by atoms with van der Waals surface area (Å²) in [4.78, 5) is 60.9. The van der Waals surface area contributed by atoms with Gasteiger partial charge in [0.25, 0.3) is 11.8 Å². The highest BCUT2D eigenvalue weighted by molar-refractivity contribution is 6.01. The second-order valence-electron chi connectivity index (χ2n) is 5.00. The topological polar surface area (TPSA) is 119 Å². The van der Waals surface area contributed by atoms with E-state index in [4.69, 9.17) is 4.84 Å². The van der Waals surface area contributed by atoms with E-state index in [-0.39, 0.29) is 19.3 Å². The van der Waals surface area contributed by atoms with Crippen molar-refractivity contribution in [1.82, 2.24) is 10.4 Å². The van der Waals surface area contributed by atoms with Crippen LogP contribution in [0.4, 0.5) is 0 Å². The molecule has 1 aliphatic rings. The van der Waals surface area contributed by atoms with Gasteiger partial charge in [-0.2, -0.15) is 0 Å². The van der Waals surface area contributed by atoms with Crippen molar-refractivity contribution in [3.8, 4) is 0 Å². The van der Waals surface area contributed by atoms with Crippen LogP contribution in [0.5, 0.6) is 0 Å². The fourth-order valence-corrected chi connectivity index (χ4v) is 1.86. The van der Waals surface area contributed by atoms with E-state index in [2.05, 4.69) is 10.1 Å². The molecule has 9 heteroatoms. The van der Waals surface area contributed by atoms with Crippen LogP contribution >= 0.6 is 0 Å². The molecule has 0 aromatic rings. The number of rotatable bonds is 9. The molecule has 0 aliphatic carbocycles. The molecule has 1 N–H and O–H groups in total. The summed E-state index contributed by atoms with van der Waals surface area (Å²) in [5.41, 5.74) is 0. The zero-order valence-corrected chi connectivity index (χ0v) is 13.4. The molecule has 132 valence electrons. The zero-order valence-electron chi connectivity index (χ0n) is 13.4. The first kappa shape index (κ1) is 19.3. The maximum Gasteiger partial charge on any atom is 0.333 e. The second-order valence-corrected chi connectivity index (χ2v) is 5.00. The molecule has 1 heterocycles. The Morgan fingerprint density at radius 2 is 1.75 bits per heavy atom. The van der Waals surface area contributed by atoms with Gasteiger partial charge in [-0.05, 0) is 12.8 Å². The Kier molecular flexibility index (Phi) is 8.17. The molecule has 3 amide bonds. The molecule has 0 atom stereocenters. The molecule has 0 spiro atoms. The number of ether oxygens (including phenoxy) is 1. The van der Waals surface area contributed by atoms with Crippen molar-refractivity contribution in [1.29, 1.82) is 0 Å². The highest BCUT2D eigenvalue weighted by atomic mass is 16.7. The van der Waals surface area contributed by atoms with Gasteiger partial charge in [0.05, 0.1) is 7.11 Å². The molecule has 9 nitrogen and oxygen atoms in total. The Morgan fingerprint density at radius 1 is 1.08 bits per heavy atom. The third-order valence-corrected chi connectivity index (χ3v) is 3.13. The van der Waals surface area contributed by atoms with E-state index in [0.717, 1.165) is 12.2 Å². The lowest BCUT2D eigenvalue weighted by atomic mass is 10.2. The monoisotopic (exact) mass is 340 g/mol. The van der Waals surface area contributed by atoms with Gasteiger partial charge in [0, 0.05) is 38.0 Å². The van der Waals surface area contributed by atoms with Gasteiger partial charge in [-0.25, -0.2) is 9.59 Å². The largest absolute Gasteiger partial charge is 0.466 e. The van der Waals surface area contributed by atoms with Crippen molar-refractivity contribution in [3.63, 3.8) is 0 Å². The number of amides is 3. The number of unbranched alkanes of at least 4 members (excludes halogenated alkanes) is 2. The maximum absolute atomic E-state index is 11.5. The van der Waals surface area contributed by atoms with Crippen molar-refractivity contribution < 1.29 is 33.5 Å². The molecule has 0 aromatic carbocycles. The van der Waals surface area contributed by atoms with E-state index < -0.39 is 29.7 Å². The standard InChI is InChI=1S/C15H20N2O7/c1-23-14(21)9-6-11(18)16-10-4-2-3-5-15(22)24-17-12(19)7-8-13(17)20/h6,9H,2-5,7-8,10H2,1H3,(H,16,18)/b9-6-. The van der Waals surface area contributed by atoms with E-state index in [1.54, 1.807) is 0 Å². The number of hydrogen-bond acceptors (Lipinski definition) is 7. The normalized spacial score (nSPS) is 14.1. The summed E-state index contributed by atoms with van der Waals surface area (Å²) in [6, 6.07) is 0. The van der Waals surface area contributed by atoms with Crippen LogP contribution in [0.1, 0.15) is 38.5 Å². The highest BCUT2D eigenvalue weighted by Gasteiger charge is 2.32. The number of carbonyl (C=O) groups excluding carboxylic acids is 5. The minimum absolute atomic E-state index is 0.0657. The van der Waals surface area contributed by atoms with Gasteiger partial charge in [0.1, 0.15) is 0 Å². The first-order valence-corrected chi connectivity index (χ1v) is 7.54. The van der Waals surface area contributed by atoms with Crippen LogP contribution in [0.3, 0.4) is 0 Å². The first-order chi connectivity index (χ1) is 11.4. The predicted octanol–water partition coefficient (Wildman–Crippen LogP) is -0.000600. The Labute approximate surface area is 138 Å². The van der Waals surface area contributed by atoms with Gasteiger partial charge >= 0.3 is 11.9 Å². The fourth-order valence-electron chi connectivity index (χ4n) is 1.86. The van der Waals surface area contributed by atoms with E-state index >= 15 is 0 Å². The van der Waals surface area contributed by atoms with Crippen LogP contribution in [-0.4, -0.2) is 48.4 Å². The minimum atomic E-state index is -0.636. The van der Waals surface area contributed by atoms with Gasteiger partial charge < -0.3 is 14.9 Å². The summed E-state index contributed by atoms with van der Waals surface area (Å²) in [5, 5.41) is 3.10. The minimum Gasteiger partial charge on any atom is -0.466 e. The Hall–Kier alpha value is -2.71. The summed E-state index contributed by atoms with van der Waals surface area (Å²) in [5.74, 6) is -2.67. The molecule has 1 rings (SSSR count). The average molecular weight is 340 g/mol. The molecule has 0 saturated carbocycles. The summed E-state index contributed by atoms with van der Waals surface area (Å²) in [7, 11) is 1.21. The molecule has 1 fully saturated rings. The first-order valence-electron chi connectivity index (χ1n) is 7.54. The maximum atomic E-state index is 11.5. The number of imide groups is 1. The van der Waals surface area contributed by atoms with Crippen LogP contribution < -0.4 is 5.32 Å². The van der Waals surface area contributed by atoms with Crippen LogP contribution in [0.2, 0.25) is 0 Å². The van der Waals surface area contributed by atoms with Crippen molar-refractivity contribution in [3.05, 3.63) is 12.2 Å². The predicted molar refractivity (Wildman–Crippen MR) is 79.8 cm³/mol. The van der Waals surface area contributed by atoms with Gasteiger partial charge in [-0.15, -0.1) is 5.06 Å². The Morgan fingerprint density at radius 3 is 2.38 bits per heavy atom. The Balaban J connectivity index is 2.07. The SMILES string of the molecule is COC(=O)/C=C\C(=O)NCCCCCC(=O)ON1C(=O)CCC1=O. The van der Waals surface area contributed by atoms with Crippen LogP contribution in [0, 0.1) is 0 Å². The third kappa shape index (κ3) is 7.03. The molecule has 24 heavy (non-hydrogen) atoms. The zero-order chi connectivity index (χ0) is 17.9. The van der Waals surface area contributed by atoms with Gasteiger partial charge in [-0.1, -0.05) is 6.42 Å². The van der Waals surface area contributed by atoms with Crippen LogP contribution in [0.15, 0.2) is 12.2 Å². The van der Waals surface area contributed by atoms with E-state index in [1.807, 2.05) is 0 Å². The molecule has 0 radical (unpaired) electrons. The molecule has 0 unspecified atom stereocenters. The lowest BCUT2D eigenvalue weighted by Crippen LogP contribution is -2.31. The summed E-state index contributed by atoms with van der Waals surface area (Å²) in [6.07, 6.45) is 4.09. The van der Waals surface area contributed by atoms with E-state index in [0.29, 0.717) is 30.9 Å². The van der Waals surface area contributed by atoms with Crippen LogP contribution in [0.25, 0.3) is 0 Å². The van der Waals surface area contributed by atoms with Gasteiger partial charge in [0.2, 0.25) is 5.91 Å². The van der Waals surface area contributed by atoms with Crippen LogP contribution in [-0.2, 0) is 33.5 Å². The molecule has 0 bridgehead atoms. The number of carbonyl (C=O) groups is 5. The van der Waals surface area contributed by atoms with Gasteiger partial charge in [0.15, 0.2) is 0 Å². The number of hydrogen-bond donors (Lipinski definition) is 1. The quantitative estimate of drug-likeness (QED) is 0.271. The lowest BCUT2D eigenvalue weighted by molar-refractivity contribution is -0.197. The number of hydroxylamine groups is 2. The molecule has 0 aromatic heterocycles. The smallest absolute Gasteiger partial charge is 0.333 e. The average Bonchev–Trinajstić information content (AvgIpc) is 2.87. The summed E-state index contributed by atoms with van der Waals surface area (Å²) in [6.45, 7) is 0.391. The van der Waals surface area contributed by atoms with Crippen molar-refractivity contribution >= 4 is 29.7 Å². The number of nitrogens with one attached hydrogen (secondary N) is 1. The number of esters is 1. The molecular weight excluding hydrogens is 320 g/mol. The fraction of sp³-hybridized carbons (Fsp3) is 0.533. The van der Waals surface area contributed by atoms with Crippen molar-refractivity contribution in [2.75, 3.05) is 13.7 Å². The third-order valence-electron chi connectivity index (χ3n) is 3.13. The van der Waals surface area contributed by atoms with Gasteiger partial charge in [-0.3, -0.25) is 14.4 Å². The molecule has 1 saturated heterocycles. The summed E-state index contributed by atoms with van der Waals surface area (Å²) >= 11 is 0. The van der Waals surface area contributed by atoms with Crippen molar-refractivity contribution in [2.45, 2.75) is 38.5 Å². The molecular formula is C15H20N2O7.